The molecule has 1 fully saturated rings. The highest BCUT2D eigenvalue weighted by atomic mass is 127. The molecule has 2 aliphatic heterocycles. The predicted molar refractivity (Wildman–Crippen MR) is 94.0 cm³/mol. The normalized spacial score (nSPS) is 28.1. The minimum absolute atomic E-state index is 0. The van der Waals surface area contributed by atoms with E-state index in [9.17, 15) is 0 Å². The summed E-state index contributed by atoms with van der Waals surface area (Å²) >= 11 is 0. The van der Waals surface area contributed by atoms with Gasteiger partial charge in [-0.25, -0.2) is 0 Å². The number of hydrogen-bond acceptors (Lipinski definition) is 5. The molecule has 0 aromatic heterocycles. The molecule has 20 heavy (non-hydrogen) atoms. The van der Waals surface area contributed by atoms with Gasteiger partial charge in [-0.2, -0.15) is 0 Å². The third-order valence-corrected chi connectivity index (χ3v) is 4.01. The number of nitrogens with one attached hydrogen (secondary N) is 1. The van der Waals surface area contributed by atoms with E-state index in [2.05, 4.69) is 54.9 Å². The SMILES string of the molecule is CC1CN(C(C)(C)CNC2=NCCN2C)CC(C)O1.I. The minimum Gasteiger partial charge on any atom is -0.373 e. The summed E-state index contributed by atoms with van der Waals surface area (Å²) in [6.07, 6.45) is 0.629. The zero-order valence-corrected chi connectivity index (χ0v) is 15.7. The number of morpholine rings is 1. The highest BCUT2D eigenvalue weighted by Gasteiger charge is 2.33. The molecular formula is C14H29IN4O. The summed E-state index contributed by atoms with van der Waals surface area (Å²) in [4.78, 5) is 9.19. The summed E-state index contributed by atoms with van der Waals surface area (Å²) in [5.41, 5.74) is 0.109. The number of nitrogens with zero attached hydrogens (tertiary/aromatic N) is 3. The zero-order chi connectivity index (χ0) is 14.0. The van der Waals surface area contributed by atoms with Crippen molar-refractivity contribution < 1.29 is 4.74 Å². The second kappa shape index (κ2) is 7.26. The smallest absolute Gasteiger partial charge is 0.193 e. The van der Waals surface area contributed by atoms with Crippen LogP contribution in [-0.2, 0) is 4.74 Å². The van der Waals surface area contributed by atoms with Gasteiger partial charge < -0.3 is 15.0 Å². The summed E-state index contributed by atoms with van der Waals surface area (Å²) in [5.74, 6) is 1.03. The first-order chi connectivity index (χ1) is 8.88. The molecule has 2 heterocycles. The largest absolute Gasteiger partial charge is 0.373 e. The Hall–Kier alpha value is -0.0800. The van der Waals surface area contributed by atoms with Gasteiger partial charge in [-0.1, -0.05) is 0 Å². The van der Waals surface area contributed by atoms with E-state index in [0.717, 1.165) is 38.7 Å². The number of likely N-dealkylation sites (N-methyl/N-ethyl adjacent to an activating group) is 1. The van der Waals surface area contributed by atoms with Gasteiger partial charge in [-0.3, -0.25) is 9.89 Å². The lowest BCUT2D eigenvalue weighted by Gasteiger charge is -2.45. The van der Waals surface area contributed by atoms with Crippen molar-refractivity contribution in [3.8, 4) is 0 Å². The maximum absolute atomic E-state index is 5.81. The summed E-state index contributed by atoms with van der Waals surface area (Å²) in [6.45, 7) is 13.7. The third-order valence-electron chi connectivity index (χ3n) is 4.01. The maximum atomic E-state index is 5.81. The lowest BCUT2D eigenvalue weighted by molar-refractivity contribution is -0.0946. The van der Waals surface area contributed by atoms with Crippen LogP contribution in [0.2, 0.25) is 0 Å². The predicted octanol–water partition coefficient (Wildman–Crippen LogP) is 1.38. The Bertz CT molecular complexity index is 338. The second-order valence-electron chi connectivity index (χ2n) is 6.46. The molecule has 0 spiro atoms. The Morgan fingerprint density at radius 2 is 1.90 bits per heavy atom. The first-order valence-electron chi connectivity index (χ1n) is 7.28. The molecule has 0 bridgehead atoms. The molecule has 5 nitrogen and oxygen atoms in total. The molecule has 6 heteroatoms. The molecule has 1 N–H and O–H groups in total. The minimum atomic E-state index is 0. The van der Waals surface area contributed by atoms with Crippen molar-refractivity contribution in [3.05, 3.63) is 0 Å². The molecule has 0 aromatic carbocycles. The molecular weight excluding hydrogens is 367 g/mol. The van der Waals surface area contributed by atoms with Crippen LogP contribution in [0.4, 0.5) is 0 Å². The van der Waals surface area contributed by atoms with Crippen LogP contribution in [-0.4, -0.2) is 73.3 Å². The number of ether oxygens (including phenoxy) is 1. The van der Waals surface area contributed by atoms with Crippen LogP contribution < -0.4 is 5.32 Å². The van der Waals surface area contributed by atoms with Gasteiger partial charge in [0, 0.05) is 38.8 Å². The fraction of sp³-hybridized carbons (Fsp3) is 0.929. The fourth-order valence-electron chi connectivity index (χ4n) is 2.80. The van der Waals surface area contributed by atoms with Crippen LogP contribution in [0.15, 0.2) is 4.99 Å². The molecule has 118 valence electrons. The van der Waals surface area contributed by atoms with Crippen molar-refractivity contribution in [1.29, 1.82) is 0 Å². The van der Waals surface area contributed by atoms with E-state index in [1.807, 2.05) is 0 Å². The molecule has 2 unspecified atom stereocenters. The van der Waals surface area contributed by atoms with E-state index in [4.69, 9.17) is 4.74 Å². The number of guanidine groups is 1. The first-order valence-corrected chi connectivity index (χ1v) is 7.28. The third kappa shape index (κ3) is 4.46. The van der Waals surface area contributed by atoms with E-state index in [-0.39, 0.29) is 29.5 Å². The summed E-state index contributed by atoms with van der Waals surface area (Å²) < 4.78 is 5.81. The molecule has 0 radical (unpaired) electrons. The number of rotatable bonds is 3. The van der Waals surface area contributed by atoms with Crippen molar-refractivity contribution >= 4 is 29.9 Å². The van der Waals surface area contributed by atoms with Gasteiger partial charge >= 0.3 is 0 Å². The summed E-state index contributed by atoms with van der Waals surface area (Å²) in [6, 6.07) is 0. The van der Waals surface area contributed by atoms with Crippen LogP contribution in [0, 0.1) is 0 Å². The lowest BCUT2D eigenvalue weighted by atomic mass is 10.00. The van der Waals surface area contributed by atoms with Crippen molar-refractivity contribution in [3.63, 3.8) is 0 Å². The van der Waals surface area contributed by atoms with Crippen molar-refractivity contribution in [2.45, 2.75) is 45.4 Å². The van der Waals surface area contributed by atoms with Crippen LogP contribution in [0.3, 0.4) is 0 Å². The Morgan fingerprint density at radius 3 is 2.40 bits per heavy atom. The lowest BCUT2D eigenvalue weighted by Crippen LogP contribution is -2.59. The van der Waals surface area contributed by atoms with Gasteiger partial charge in [0.05, 0.1) is 18.8 Å². The van der Waals surface area contributed by atoms with Gasteiger partial charge in [0.15, 0.2) is 5.96 Å². The summed E-state index contributed by atoms with van der Waals surface area (Å²) in [7, 11) is 2.09. The Balaban J connectivity index is 0.00000200. The van der Waals surface area contributed by atoms with Gasteiger partial charge in [-0.15, -0.1) is 24.0 Å². The highest BCUT2D eigenvalue weighted by molar-refractivity contribution is 14.0. The molecule has 0 amide bonds. The van der Waals surface area contributed by atoms with E-state index in [1.165, 1.54) is 0 Å². The number of halogens is 1. The maximum Gasteiger partial charge on any atom is 0.193 e. The average Bonchev–Trinajstić information content (AvgIpc) is 2.71. The molecule has 0 aliphatic carbocycles. The van der Waals surface area contributed by atoms with Gasteiger partial charge in [0.1, 0.15) is 0 Å². The van der Waals surface area contributed by atoms with Crippen LogP contribution in [0.5, 0.6) is 0 Å². The second-order valence-corrected chi connectivity index (χ2v) is 6.46. The number of hydrogen-bond donors (Lipinski definition) is 1. The molecule has 1 saturated heterocycles. The quantitative estimate of drug-likeness (QED) is 0.732. The Morgan fingerprint density at radius 1 is 1.30 bits per heavy atom. The Kier molecular flexibility index (Phi) is 6.53. The van der Waals surface area contributed by atoms with Crippen molar-refractivity contribution in [2.24, 2.45) is 4.99 Å². The monoisotopic (exact) mass is 396 g/mol. The Labute approximate surface area is 140 Å². The number of aliphatic imine (C=N–C) groups is 1. The zero-order valence-electron chi connectivity index (χ0n) is 13.3. The molecule has 2 rings (SSSR count). The van der Waals surface area contributed by atoms with Gasteiger partial charge in [0.2, 0.25) is 0 Å². The van der Waals surface area contributed by atoms with Crippen LogP contribution in [0.25, 0.3) is 0 Å². The van der Waals surface area contributed by atoms with E-state index < -0.39 is 0 Å². The molecule has 2 aliphatic rings. The molecule has 0 saturated carbocycles. The van der Waals surface area contributed by atoms with Gasteiger partial charge in [0.25, 0.3) is 0 Å². The highest BCUT2D eigenvalue weighted by Crippen LogP contribution is 2.20. The topological polar surface area (TPSA) is 40.1 Å². The van der Waals surface area contributed by atoms with E-state index in [1.54, 1.807) is 0 Å². The molecule has 0 aromatic rings. The standard InChI is InChI=1S/C14H28N4O.HI/c1-11-8-18(9-12(2)19-11)14(3,4)10-16-13-15-6-7-17(13)5;/h11-12H,6-10H2,1-5H3,(H,15,16);1H. The van der Waals surface area contributed by atoms with E-state index in [0.29, 0.717) is 12.2 Å². The van der Waals surface area contributed by atoms with Crippen molar-refractivity contribution in [1.82, 2.24) is 15.1 Å². The van der Waals surface area contributed by atoms with Gasteiger partial charge in [-0.05, 0) is 27.7 Å². The molecule has 2 atom stereocenters. The summed E-state index contributed by atoms with van der Waals surface area (Å²) in [5, 5.41) is 3.49. The fourth-order valence-corrected chi connectivity index (χ4v) is 2.80. The van der Waals surface area contributed by atoms with Crippen LogP contribution in [0.1, 0.15) is 27.7 Å². The first kappa shape index (κ1) is 18.0. The van der Waals surface area contributed by atoms with Crippen LogP contribution >= 0.6 is 24.0 Å². The van der Waals surface area contributed by atoms with E-state index >= 15 is 0 Å². The average molecular weight is 396 g/mol. The van der Waals surface area contributed by atoms with Crippen molar-refractivity contribution in [2.75, 3.05) is 39.8 Å².